The van der Waals surface area contributed by atoms with Gasteiger partial charge in [0.25, 0.3) is 0 Å². The van der Waals surface area contributed by atoms with Gasteiger partial charge in [-0.15, -0.1) is 0 Å². The number of halogens is 2. The van der Waals surface area contributed by atoms with Crippen LogP contribution in [-0.2, 0) is 4.79 Å². The van der Waals surface area contributed by atoms with Crippen molar-refractivity contribution in [3.63, 3.8) is 0 Å². The molecule has 0 heterocycles. The standard InChI is InChI=1S/C9H9BrClNOS/c10-7-2-1-6(5-8(7)11)12-9(13)3-4-14/h1-2,5,14H,3-4H2,(H,12,13). The fourth-order valence-electron chi connectivity index (χ4n) is 0.899. The van der Waals surface area contributed by atoms with Crippen LogP contribution in [0.3, 0.4) is 0 Å². The van der Waals surface area contributed by atoms with Crippen molar-refractivity contribution in [2.45, 2.75) is 6.42 Å². The molecule has 1 N–H and O–H groups in total. The molecule has 1 amide bonds. The number of carbonyl (C=O) groups excluding carboxylic acids is 1. The van der Waals surface area contributed by atoms with Gasteiger partial charge in [-0.3, -0.25) is 4.79 Å². The molecule has 5 heteroatoms. The van der Waals surface area contributed by atoms with Gasteiger partial charge in [0.2, 0.25) is 5.91 Å². The van der Waals surface area contributed by atoms with Crippen LogP contribution in [0.2, 0.25) is 5.02 Å². The number of hydrogen-bond acceptors (Lipinski definition) is 2. The lowest BCUT2D eigenvalue weighted by molar-refractivity contribution is -0.115. The van der Waals surface area contributed by atoms with E-state index in [1.807, 2.05) is 0 Å². The van der Waals surface area contributed by atoms with E-state index in [1.165, 1.54) is 0 Å². The number of rotatable bonds is 3. The molecule has 76 valence electrons. The SMILES string of the molecule is O=C(CCS)Nc1ccc(Br)c(Cl)c1. The van der Waals surface area contributed by atoms with E-state index in [2.05, 4.69) is 33.9 Å². The van der Waals surface area contributed by atoms with Crippen molar-refractivity contribution in [1.29, 1.82) is 0 Å². The average Bonchev–Trinajstić information content (AvgIpc) is 2.12. The highest BCUT2D eigenvalue weighted by Gasteiger charge is 2.02. The Balaban J connectivity index is 2.68. The molecule has 0 atom stereocenters. The third kappa shape index (κ3) is 3.52. The lowest BCUT2D eigenvalue weighted by Crippen LogP contribution is -2.11. The van der Waals surface area contributed by atoms with Gasteiger partial charge in [0.15, 0.2) is 0 Å². The maximum atomic E-state index is 11.2. The zero-order valence-corrected chi connectivity index (χ0v) is 10.5. The maximum absolute atomic E-state index is 11.2. The molecule has 0 unspecified atom stereocenters. The Morgan fingerprint density at radius 1 is 1.57 bits per heavy atom. The van der Waals surface area contributed by atoms with Gasteiger partial charge in [0.05, 0.1) is 5.02 Å². The topological polar surface area (TPSA) is 29.1 Å². The predicted octanol–water partition coefficient (Wildman–Crippen LogP) is 3.36. The molecule has 0 aromatic heterocycles. The van der Waals surface area contributed by atoms with Gasteiger partial charge >= 0.3 is 0 Å². The van der Waals surface area contributed by atoms with E-state index < -0.39 is 0 Å². The maximum Gasteiger partial charge on any atom is 0.225 e. The lowest BCUT2D eigenvalue weighted by atomic mass is 10.3. The summed E-state index contributed by atoms with van der Waals surface area (Å²) in [6.45, 7) is 0. The minimum Gasteiger partial charge on any atom is -0.326 e. The van der Waals surface area contributed by atoms with Crippen LogP contribution in [0.25, 0.3) is 0 Å². The second-order valence-electron chi connectivity index (χ2n) is 2.65. The van der Waals surface area contributed by atoms with Crippen molar-refractivity contribution in [3.8, 4) is 0 Å². The van der Waals surface area contributed by atoms with Gasteiger partial charge in [-0.1, -0.05) is 11.6 Å². The number of hydrogen-bond donors (Lipinski definition) is 2. The molecule has 0 aliphatic rings. The highest BCUT2D eigenvalue weighted by atomic mass is 79.9. The first-order valence-corrected chi connectivity index (χ1v) is 5.79. The summed E-state index contributed by atoms with van der Waals surface area (Å²) in [5, 5.41) is 3.30. The Labute approximate surface area is 102 Å². The monoisotopic (exact) mass is 293 g/mol. The molecule has 0 fully saturated rings. The minimum absolute atomic E-state index is 0.0570. The smallest absolute Gasteiger partial charge is 0.225 e. The third-order valence-corrected chi connectivity index (χ3v) is 3.00. The molecule has 0 saturated carbocycles. The molecular formula is C9H9BrClNOS. The van der Waals surface area contributed by atoms with Crippen LogP contribution in [0, 0.1) is 0 Å². The summed E-state index contributed by atoms with van der Waals surface area (Å²) in [5.41, 5.74) is 0.699. The first-order valence-electron chi connectivity index (χ1n) is 3.99. The van der Waals surface area contributed by atoms with Crippen LogP contribution >= 0.6 is 40.2 Å². The molecule has 0 aliphatic heterocycles. The summed E-state index contributed by atoms with van der Waals surface area (Å²) in [5.74, 6) is 0.481. The van der Waals surface area contributed by atoms with E-state index in [9.17, 15) is 4.79 Å². The Morgan fingerprint density at radius 2 is 2.29 bits per heavy atom. The third-order valence-electron chi connectivity index (χ3n) is 1.54. The van der Waals surface area contributed by atoms with Gasteiger partial charge in [-0.05, 0) is 39.9 Å². The van der Waals surface area contributed by atoms with Crippen LogP contribution in [0.1, 0.15) is 6.42 Å². The van der Waals surface area contributed by atoms with Crippen molar-refractivity contribution >= 4 is 51.8 Å². The molecule has 1 aromatic carbocycles. The predicted molar refractivity (Wildman–Crippen MR) is 66.3 cm³/mol. The summed E-state index contributed by atoms with van der Waals surface area (Å²) in [7, 11) is 0. The van der Waals surface area contributed by atoms with Crippen LogP contribution in [0.5, 0.6) is 0 Å². The molecule has 14 heavy (non-hydrogen) atoms. The lowest BCUT2D eigenvalue weighted by Gasteiger charge is -2.04. The van der Waals surface area contributed by atoms with Crippen molar-refractivity contribution in [1.82, 2.24) is 0 Å². The van der Waals surface area contributed by atoms with E-state index in [0.717, 1.165) is 4.47 Å². The van der Waals surface area contributed by atoms with Crippen LogP contribution < -0.4 is 5.32 Å². The van der Waals surface area contributed by atoms with E-state index in [0.29, 0.717) is 22.9 Å². The Hall–Kier alpha value is -0.190. The molecule has 1 aromatic rings. The fourth-order valence-corrected chi connectivity index (χ4v) is 1.53. The summed E-state index contributed by atoms with van der Waals surface area (Å²) in [4.78, 5) is 11.2. The van der Waals surface area contributed by atoms with E-state index in [4.69, 9.17) is 11.6 Å². The first kappa shape index (κ1) is 11.9. The van der Waals surface area contributed by atoms with Gasteiger partial charge in [0.1, 0.15) is 0 Å². The Kier molecular flexibility index (Phi) is 4.78. The largest absolute Gasteiger partial charge is 0.326 e. The van der Waals surface area contributed by atoms with Crippen LogP contribution in [-0.4, -0.2) is 11.7 Å². The molecule has 0 radical (unpaired) electrons. The molecule has 0 saturated heterocycles. The minimum atomic E-state index is -0.0570. The normalized spacial score (nSPS) is 9.93. The van der Waals surface area contributed by atoms with Crippen LogP contribution in [0.4, 0.5) is 5.69 Å². The molecule has 0 aliphatic carbocycles. The molecule has 1 rings (SSSR count). The Morgan fingerprint density at radius 3 is 2.86 bits per heavy atom. The zero-order valence-electron chi connectivity index (χ0n) is 7.26. The highest BCUT2D eigenvalue weighted by molar-refractivity contribution is 9.10. The van der Waals surface area contributed by atoms with Gasteiger partial charge in [-0.2, -0.15) is 12.6 Å². The number of carbonyl (C=O) groups is 1. The fraction of sp³-hybridized carbons (Fsp3) is 0.222. The van der Waals surface area contributed by atoms with Crippen molar-refractivity contribution < 1.29 is 4.79 Å². The number of anilines is 1. The average molecular weight is 295 g/mol. The molecule has 0 bridgehead atoms. The molecular weight excluding hydrogens is 286 g/mol. The summed E-state index contributed by atoms with van der Waals surface area (Å²) >= 11 is 13.1. The van der Waals surface area contributed by atoms with Crippen LogP contribution in [0.15, 0.2) is 22.7 Å². The number of thiol groups is 1. The molecule has 2 nitrogen and oxygen atoms in total. The van der Waals surface area contributed by atoms with E-state index in [-0.39, 0.29) is 5.91 Å². The van der Waals surface area contributed by atoms with Crippen molar-refractivity contribution in [2.24, 2.45) is 0 Å². The quantitative estimate of drug-likeness (QED) is 0.822. The van der Waals surface area contributed by atoms with Crippen molar-refractivity contribution in [2.75, 3.05) is 11.1 Å². The summed E-state index contributed by atoms with van der Waals surface area (Å²) < 4.78 is 0.811. The van der Waals surface area contributed by atoms with E-state index in [1.54, 1.807) is 18.2 Å². The number of benzene rings is 1. The van der Waals surface area contributed by atoms with Crippen molar-refractivity contribution in [3.05, 3.63) is 27.7 Å². The Bertz CT molecular complexity index is 346. The molecule has 0 spiro atoms. The second kappa shape index (κ2) is 5.63. The summed E-state index contributed by atoms with van der Waals surface area (Å²) in [6, 6.07) is 5.27. The zero-order chi connectivity index (χ0) is 10.6. The second-order valence-corrected chi connectivity index (χ2v) is 4.36. The highest BCUT2D eigenvalue weighted by Crippen LogP contribution is 2.25. The van der Waals surface area contributed by atoms with Gasteiger partial charge in [0, 0.05) is 16.6 Å². The van der Waals surface area contributed by atoms with Gasteiger partial charge < -0.3 is 5.32 Å². The van der Waals surface area contributed by atoms with E-state index >= 15 is 0 Å². The van der Waals surface area contributed by atoms with Gasteiger partial charge in [-0.25, -0.2) is 0 Å². The number of nitrogens with one attached hydrogen (secondary N) is 1. The number of amides is 1. The summed E-state index contributed by atoms with van der Waals surface area (Å²) in [6.07, 6.45) is 0.400. The first-order chi connectivity index (χ1) is 6.63.